The fraction of sp³-hybridized carbons (Fsp3) is 0.364. The molecular formula is C22H23N3O7S. The zero-order chi connectivity index (χ0) is 23.0. The van der Waals surface area contributed by atoms with Gasteiger partial charge in [0, 0.05) is 25.6 Å². The third kappa shape index (κ3) is 4.33. The molecule has 0 saturated carbocycles. The molecule has 2 N–H and O–H groups in total. The lowest BCUT2D eigenvalue weighted by atomic mass is 9.97. The van der Waals surface area contributed by atoms with Crippen LogP contribution in [0.4, 0.5) is 5.69 Å². The van der Waals surface area contributed by atoms with Gasteiger partial charge < -0.3 is 24.8 Å². The zero-order valence-corrected chi connectivity index (χ0v) is 18.5. The molecule has 2 aromatic carbocycles. The van der Waals surface area contributed by atoms with Crippen molar-refractivity contribution in [3.63, 3.8) is 0 Å². The highest BCUT2D eigenvalue weighted by molar-refractivity contribution is 7.89. The van der Waals surface area contributed by atoms with Gasteiger partial charge in [-0.05, 0) is 48.7 Å². The Hall–Kier alpha value is -3.31. The van der Waals surface area contributed by atoms with E-state index in [1.54, 1.807) is 0 Å². The summed E-state index contributed by atoms with van der Waals surface area (Å²) in [4.78, 5) is 24.3. The number of carbonyl (C=O) groups is 2. The number of rotatable bonds is 5. The van der Waals surface area contributed by atoms with Crippen LogP contribution in [0.2, 0.25) is 0 Å². The van der Waals surface area contributed by atoms with Crippen molar-refractivity contribution >= 4 is 27.5 Å². The van der Waals surface area contributed by atoms with Gasteiger partial charge in [0.2, 0.25) is 22.7 Å². The Bertz CT molecular complexity index is 1210. The van der Waals surface area contributed by atoms with E-state index in [1.165, 1.54) is 22.5 Å². The Morgan fingerprint density at radius 3 is 2.61 bits per heavy atom. The van der Waals surface area contributed by atoms with Gasteiger partial charge in [-0.1, -0.05) is 6.07 Å². The van der Waals surface area contributed by atoms with E-state index in [0.29, 0.717) is 42.3 Å². The summed E-state index contributed by atoms with van der Waals surface area (Å²) in [6.45, 7) is 0.940. The second-order valence-electron chi connectivity index (χ2n) is 8.08. The fourth-order valence-electron chi connectivity index (χ4n) is 4.11. The highest BCUT2D eigenvalue weighted by Crippen LogP contribution is 2.33. The van der Waals surface area contributed by atoms with Crippen molar-refractivity contribution in [2.24, 2.45) is 5.92 Å². The minimum absolute atomic E-state index is 0.0813. The number of anilines is 1. The van der Waals surface area contributed by atoms with E-state index in [9.17, 15) is 18.0 Å². The Labute approximate surface area is 190 Å². The maximum absolute atomic E-state index is 13.1. The van der Waals surface area contributed by atoms with E-state index >= 15 is 0 Å². The third-order valence-electron chi connectivity index (χ3n) is 5.95. The molecule has 5 rings (SSSR count). The predicted octanol–water partition coefficient (Wildman–Crippen LogP) is 1.46. The minimum Gasteiger partial charge on any atom is -0.482 e. The van der Waals surface area contributed by atoms with Gasteiger partial charge in [0.15, 0.2) is 18.1 Å². The molecule has 0 bridgehead atoms. The van der Waals surface area contributed by atoms with Crippen LogP contribution in [-0.4, -0.2) is 51.0 Å². The minimum atomic E-state index is -3.75. The summed E-state index contributed by atoms with van der Waals surface area (Å²) in [7, 11) is -3.75. The molecule has 3 aliphatic rings. The number of carbonyl (C=O) groups excluding carboxylic acids is 2. The molecular weight excluding hydrogens is 450 g/mol. The molecule has 2 aromatic rings. The summed E-state index contributed by atoms with van der Waals surface area (Å²) in [5.74, 6) is 1.09. The van der Waals surface area contributed by atoms with Crippen LogP contribution in [0.1, 0.15) is 18.4 Å². The van der Waals surface area contributed by atoms with Crippen LogP contribution in [0.15, 0.2) is 41.3 Å². The first-order chi connectivity index (χ1) is 15.9. The van der Waals surface area contributed by atoms with Crippen molar-refractivity contribution in [1.29, 1.82) is 0 Å². The molecule has 0 radical (unpaired) electrons. The highest BCUT2D eigenvalue weighted by Gasteiger charge is 2.33. The van der Waals surface area contributed by atoms with E-state index in [2.05, 4.69) is 10.6 Å². The average Bonchev–Trinajstić information content (AvgIpc) is 3.30. The maximum atomic E-state index is 13.1. The van der Waals surface area contributed by atoms with Gasteiger partial charge in [-0.15, -0.1) is 0 Å². The summed E-state index contributed by atoms with van der Waals surface area (Å²) >= 11 is 0. The van der Waals surface area contributed by atoms with Crippen LogP contribution in [-0.2, 0) is 26.2 Å². The highest BCUT2D eigenvalue weighted by atomic mass is 32.2. The molecule has 0 aliphatic carbocycles. The number of amides is 2. The summed E-state index contributed by atoms with van der Waals surface area (Å²) in [5.41, 5.74) is 1.24. The van der Waals surface area contributed by atoms with Crippen molar-refractivity contribution in [1.82, 2.24) is 9.62 Å². The van der Waals surface area contributed by atoms with Gasteiger partial charge in [0.1, 0.15) is 5.75 Å². The van der Waals surface area contributed by atoms with Crippen molar-refractivity contribution in [2.75, 3.05) is 31.8 Å². The summed E-state index contributed by atoms with van der Waals surface area (Å²) in [5, 5.41) is 5.55. The molecule has 0 aromatic heterocycles. The number of hydrogen-bond acceptors (Lipinski definition) is 7. The molecule has 33 heavy (non-hydrogen) atoms. The van der Waals surface area contributed by atoms with Gasteiger partial charge in [-0.25, -0.2) is 8.42 Å². The standard InChI is InChI=1S/C22H23N3O7S/c26-21-12-30-18-4-2-16(10-17(18)24-21)33(28,29)25-7-5-15(6-8-25)22(27)23-11-14-1-3-19-20(9-14)32-13-31-19/h1-4,9-10,15H,5-8,11-13H2,(H,23,27)(H,24,26). The molecule has 0 spiro atoms. The number of nitrogens with zero attached hydrogens (tertiary/aromatic N) is 1. The van der Waals surface area contributed by atoms with Crippen LogP contribution in [0, 0.1) is 5.92 Å². The molecule has 10 nitrogen and oxygen atoms in total. The monoisotopic (exact) mass is 473 g/mol. The van der Waals surface area contributed by atoms with Crippen LogP contribution in [0.3, 0.4) is 0 Å². The number of ether oxygens (including phenoxy) is 3. The van der Waals surface area contributed by atoms with Crippen LogP contribution >= 0.6 is 0 Å². The number of benzene rings is 2. The Kier molecular flexibility index (Phi) is 5.59. The number of fused-ring (bicyclic) bond motifs is 2. The molecule has 11 heteroatoms. The molecule has 1 fully saturated rings. The van der Waals surface area contributed by atoms with E-state index in [-0.39, 0.29) is 49.1 Å². The molecule has 0 atom stereocenters. The van der Waals surface area contributed by atoms with Gasteiger partial charge in [0.25, 0.3) is 5.91 Å². The normalized spacial score (nSPS) is 18.2. The van der Waals surface area contributed by atoms with Crippen molar-refractivity contribution in [3.8, 4) is 17.2 Å². The Balaban J connectivity index is 1.17. The fourth-order valence-corrected chi connectivity index (χ4v) is 5.61. The smallest absolute Gasteiger partial charge is 0.262 e. The van der Waals surface area contributed by atoms with Gasteiger partial charge in [-0.2, -0.15) is 4.31 Å². The number of hydrogen-bond donors (Lipinski definition) is 2. The van der Waals surface area contributed by atoms with Crippen LogP contribution in [0.25, 0.3) is 0 Å². The lowest BCUT2D eigenvalue weighted by molar-refractivity contribution is -0.126. The third-order valence-corrected chi connectivity index (χ3v) is 7.84. The van der Waals surface area contributed by atoms with E-state index in [1.807, 2.05) is 18.2 Å². The molecule has 1 saturated heterocycles. The second-order valence-corrected chi connectivity index (χ2v) is 10.0. The molecule has 3 aliphatic heterocycles. The largest absolute Gasteiger partial charge is 0.482 e. The predicted molar refractivity (Wildman–Crippen MR) is 116 cm³/mol. The Morgan fingerprint density at radius 2 is 1.79 bits per heavy atom. The number of sulfonamides is 1. The van der Waals surface area contributed by atoms with Gasteiger partial charge in [0.05, 0.1) is 10.6 Å². The van der Waals surface area contributed by atoms with Crippen LogP contribution in [0.5, 0.6) is 17.2 Å². The number of nitrogens with one attached hydrogen (secondary N) is 2. The zero-order valence-electron chi connectivity index (χ0n) is 17.7. The first-order valence-electron chi connectivity index (χ1n) is 10.6. The van der Waals surface area contributed by atoms with E-state index in [0.717, 1.165) is 5.56 Å². The summed E-state index contributed by atoms with van der Waals surface area (Å²) in [6, 6.07) is 9.93. The molecule has 2 amide bonds. The quantitative estimate of drug-likeness (QED) is 0.674. The molecule has 3 heterocycles. The Morgan fingerprint density at radius 1 is 1.03 bits per heavy atom. The first kappa shape index (κ1) is 21.5. The van der Waals surface area contributed by atoms with Crippen molar-refractivity contribution in [3.05, 3.63) is 42.0 Å². The second kappa shape index (κ2) is 8.56. The number of piperidine rings is 1. The first-order valence-corrected chi connectivity index (χ1v) is 12.1. The SMILES string of the molecule is O=C1COc2ccc(S(=O)(=O)N3CCC(C(=O)NCc4ccc5c(c4)OCO5)CC3)cc2N1. The van der Waals surface area contributed by atoms with Crippen molar-refractivity contribution in [2.45, 2.75) is 24.3 Å². The van der Waals surface area contributed by atoms with Gasteiger partial charge >= 0.3 is 0 Å². The average molecular weight is 474 g/mol. The molecule has 174 valence electrons. The lowest BCUT2D eigenvalue weighted by Gasteiger charge is -2.31. The summed E-state index contributed by atoms with van der Waals surface area (Å²) in [6.07, 6.45) is 0.855. The van der Waals surface area contributed by atoms with Gasteiger partial charge in [-0.3, -0.25) is 9.59 Å². The summed E-state index contributed by atoms with van der Waals surface area (Å²) < 4.78 is 43.5. The van der Waals surface area contributed by atoms with E-state index < -0.39 is 10.0 Å². The van der Waals surface area contributed by atoms with E-state index in [4.69, 9.17) is 14.2 Å². The lowest BCUT2D eigenvalue weighted by Crippen LogP contribution is -2.42. The van der Waals surface area contributed by atoms with Crippen molar-refractivity contribution < 1.29 is 32.2 Å². The van der Waals surface area contributed by atoms with Crippen LogP contribution < -0.4 is 24.8 Å². The maximum Gasteiger partial charge on any atom is 0.262 e. The molecule has 0 unspecified atom stereocenters. The topological polar surface area (TPSA) is 123 Å².